The number of carbonyl (C=O) groups is 1. The molecule has 88 valence electrons. The van der Waals surface area contributed by atoms with Gasteiger partial charge in [0, 0.05) is 11.9 Å². The van der Waals surface area contributed by atoms with Crippen LogP contribution in [0.15, 0.2) is 24.3 Å². The molecule has 0 saturated carbocycles. The third-order valence-corrected chi connectivity index (χ3v) is 2.76. The molecule has 0 N–H and O–H groups in total. The van der Waals surface area contributed by atoms with E-state index < -0.39 is 0 Å². The van der Waals surface area contributed by atoms with E-state index >= 15 is 0 Å². The van der Waals surface area contributed by atoms with E-state index in [1.807, 2.05) is 31.1 Å². The second kappa shape index (κ2) is 6.66. The number of alkyl halides is 1. The van der Waals surface area contributed by atoms with Crippen molar-refractivity contribution in [2.75, 3.05) is 27.2 Å². The van der Waals surface area contributed by atoms with Crippen LogP contribution in [0.3, 0.4) is 0 Å². The Morgan fingerprint density at radius 1 is 1.31 bits per heavy atom. The molecule has 1 rings (SSSR count). The molecular formula is C12H16BrNO2. The number of hydrogen-bond acceptors (Lipinski definition) is 3. The fraction of sp³-hybridized carbons (Fsp3) is 0.417. The highest BCUT2D eigenvalue weighted by Crippen LogP contribution is 2.08. The first-order chi connectivity index (χ1) is 7.63. The number of rotatable bonds is 5. The average molecular weight is 286 g/mol. The van der Waals surface area contributed by atoms with Crippen molar-refractivity contribution < 1.29 is 9.53 Å². The normalized spacial score (nSPS) is 10.5. The highest BCUT2D eigenvalue weighted by molar-refractivity contribution is 9.08. The van der Waals surface area contributed by atoms with Crippen LogP contribution in [0.4, 0.5) is 0 Å². The van der Waals surface area contributed by atoms with E-state index in [4.69, 9.17) is 4.74 Å². The maximum atomic E-state index is 11.6. The van der Waals surface area contributed by atoms with Crippen molar-refractivity contribution in [2.45, 2.75) is 5.33 Å². The van der Waals surface area contributed by atoms with Crippen LogP contribution >= 0.6 is 15.9 Å². The first-order valence-electron chi connectivity index (χ1n) is 5.10. The minimum absolute atomic E-state index is 0.261. The molecule has 0 radical (unpaired) electrons. The topological polar surface area (TPSA) is 29.5 Å². The van der Waals surface area contributed by atoms with Crippen LogP contribution in [-0.2, 0) is 10.1 Å². The molecule has 0 heterocycles. The minimum atomic E-state index is -0.261. The number of ether oxygens (including phenoxy) is 1. The number of halogens is 1. The van der Waals surface area contributed by atoms with Gasteiger partial charge in [0.05, 0.1) is 5.56 Å². The predicted molar refractivity (Wildman–Crippen MR) is 67.9 cm³/mol. The molecule has 0 aliphatic heterocycles. The second-order valence-electron chi connectivity index (χ2n) is 3.77. The zero-order valence-electron chi connectivity index (χ0n) is 9.57. The summed E-state index contributed by atoms with van der Waals surface area (Å²) in [5.74, 6) is -0.261. The SMILES string of the molecule is CN(C)CCOC(=O)c1ccc(CBr)cc1. The van der Waals surface area contributed by atoms with E-state index in [-0.39, 0.29) is 5.97 Å². The summed E-state index contributed by atoms with van der Waals surface area (Å²) in [6.07, 6.45) is 0. The van der Waals surface area contributed by atoms with E-state index in [9.17, 15) is 4.79 Å². The molecule has 0 aliphatic carbocycles. The van der Waals surface area contributed by atoms with E-state index in [0.717, 1.165) is 17.4 Å². The van der Waals surface area contributed by atoms with E-state index in [2.05, 4.69) is 15.9 Å². The Morgan fingerprint density at radius 2 is 1.94 bits per heavy atom. The molecule has 0 amide bonds. The third kappa shape index (κ3) is 4.33. The second-order valence-corrected chi connectivity index (χ2v) is 4.33. The van der Waals surface area contributed by atoms with Gasteiger partial charge in [-0.2, -0.15) is 0 Å². The quantitative estimate of drug-likeness (QED) is 0.614. The number of nitrogens with zero attached hydrogens (tertiary/aromatic N) is 1. The monoisotopic (exact) mass is 285 g/mol. The Morgan fingerprint density at radius 3 is 2.44 bits per heavy atom. The number of benzene rings is 1. The Kier molecular flexibility index (Phi) is 5.49. The molecular weight excluding hydrogens is 270 g/mol. The van der Waals surface area contributed by atoms with Crippen LogP contribution in [0.1, 0.15) is 15.9 Å². The molecule has 16 heavy (non-hydrogen) atoms. The predicted octanol–water partition coefficient (Wildman–Crippen LogP) is 2.30. The molecule has 0 unspecified atom stereocenters. The van der Waals surface area contributed by atoms with Crippen molar-refractivity contribution in [3.63, 3.8) is 0 Å². The summed E-state index contributed by atoms with van der Waals surface area (Å²) >= 11 is 3.36. The molecule has 0 aromatic heterocycles. The zero-order valence-corrected chi connectivity index (χ0v) is 11.2. The maximum absolute atomic E-state index is 11.6. The van der Waals surface area contributed by atoms with E-state index in [0.29, 0.717) is 12.2 Å². The molecule has 0 fully saturated rings. The van der Waals surface area contributed by atoms with E-state index in [1.165, 1.54) is 0 Å². The molecule has 0 bridgehead atoms. The van der Waals surface area contributed by atoms with Crippen LogP contribution in [0.5, 0.6) is 0 Å². The van der Waals surface area contributed by atoms with Crippen molar-refractivity contribution in [3.05, 3.63) is 35.4 Å². The van der Waals surface area contributed by atoms with Gasteiger partial charge < -0.3 is 9.64 Å². The molecule has 0 aliphatic rings. The van der Waals surface area contributed by atoms with Gasteiger partial charge >= 0.3 is 5.97 Å². The standard InChI is InChI=1S/C12H16BrNO2/c1-14(2)7-8-16-12(15)11-5-3-10(9-13)4-6-11/h3-6H,7-9H2,1-2H3. The Labute approximate surface area is 105 Å². The van der Waals surface area contributed by atoms with Gasteiger partial charge in [-0.1, -0.05) is 28.1 Å². The van der Waals surface area contributed by atoms with Crippen LogP contribution in [0, 0.1) is 0 Å². The number of carbonyl (C=O) groups excluding carboxylic acids is 1. The van der Waals surface area contributed by atoms with Gasteiger partial charge in [-0.15, -0.1) is 0 Å². The lowest BCUT2D eigenvalue weighted by atomic mass is 10.1. The Balaban J connectivity index is 2.46. The first-order valence-corrected chi connectivity index (χ1v) is 6.22. The average Bonchev–Trinajstić information content (AvgIpc) is 2.28. The van der Waals surface area contributed by atoms with Crippen LogP contribution < -0.4 is 0 Å². The lowest BCUT2D eigenvalue weighted by Gasteiger charge is -2.09. The summed E-state index contributed by atoms with van der Waals surface area (Å²) in [7, 11) is 3.89. The molecule has 0 spiro atoms. The van der Waals surface area contributed by atoms with Crippen molar-refractivity contribution in [3.8, 4) is 0 Å². The highest BCUT2D eigenvalue weighted by Gasteiger charge is 2.06. The summed E-state index contributed by atoms with van der Waals surface area (Å²) in [5.41, 5.74) is 1.74. The van der Waals surface area contributed by atoms with Crippen LogP contribution in [0.25, 0.3) is 0 Å². The fourth-order valence-corrected chi connectivity index (χ4v) is 1.51. The van der Waals surface area contributed by atoms with Gasteiger partial charge in [-0.25, -0.2) is 4.79 Å². The van der Waals surface area contributed by atoms with Crippen molar-refractivity contribution in [1.82, 2.24) is 4.90 Å². The largest absolute Gasteiger partial charge is 0.461 e. The van der Waals surface area contributed by atoms with Gasteiger partial charge in [0.15, 0.2) is 0 Å². The van der Waals surface area contributed by atoms with Gasteiger partial charge in [0.25, 0.3) is 0 Å². The number of hydrogen-bond donors (Lipinski definition) is 0. The van der Waals surface area contributed by atoms with Crippen LogP contribution in [-0.4, -0.2) is 38.1 Å². The molecule has 4 heteroatoms. The lowest BCUT2D eigenvalue weighted by Crippen LogP contribution is -2.20. The van der Waals surface area contributed by atoms with Gasteiger partial charge in [0.1, 0.15) is 6.61 Å². The zero-order chi connectivity index (χ0) is 12.0. The van der Waals surface area contributed by atoms with Crippen molar-refractivity contribution in [2.24, 2.45) is 0 Å². The number of likely N-dealkylation sites (N-methyl/N-ethyl adjacent to an activating group) is 1. The summed E-state index contributed by atoms with van der Waals surface area (Å²) in [4.78, 5) is 13.5. The molecule has 3 nitrogen and oxygen atoms in total. The third-order valence-electron chi connectivity index (χ3n) is 2.12. The Hall–Kier alpha value is -0.870. The van der Waals surface area contributed by atoms with E-state index in [1.54, 1.807) is 12.1 Å². The summed E-state index contributed by atoms with van der Waals surface area (Å²) in [6, 6.07) is 7.40. The highest BCUT2D eigenvalue weighted by atomic mass is 79.9. The van der Waals surface area contributed by atoms with Crippen molar-refractivity contribution >= 4 is 21.9 Å². The summed E-state index contributed by atoms with van der Waals surface area (Å²) in [5, 5.41) is 0.795. The lowest BCUT2D eigenvalue weighted by molar-refractivity contribution is 0.0482. The molecule has 0 atom stereocenters. The summed E-state index contributed by atoms with van der Waals surface area (Å²) in [6.45, 7) is 1.16. The maximum Gasteiger partial charge on any atom is 0.338 e. The van der Waals surface area contributed by atoms with Gasteiger partial charge in [0.2, 0.25) is 0 Å². The molecule has 1 aromatic rings. The van der Waals surface area contributed by atoms with Crippen molar-refractivity contribution in [1.29, 1.82) is 0 Å². The number of esters is 1. The van der Waals surface area contributed by atoms with Gasteiger partial charge in [-0.3, -0.25) is 0 Å². The van der Waals surface area contributed by atoms with Crippen LogP contribution in [0.2, 0.25) is 0 Å². The first kappa shape index (κ1) is 13.2. The minimum Gasteiger partial charge on any atom is -0.461 e. The molecule has 0 saturated heterocycles. The molecule has 1 aromatic carbocycles. The Bertz CT molecular complexity index is 335. The fourth-order valence-electron chi connectivity index (χ4n) is 1.13. The van der Waals surface area contributed by atoms with Gasteiger partial charge in [-0.05, 0) is 31.8 Å². The summed E-state index contributed by atoms with van der Waals surface area (Å²) < 4.78 is 5.12. The smallest absolute Gasteiger partial charge is 0.338 e.